The van der Waals surface area contributed by atoms with Gasteiger partial charge in [-0.25, -0.2) is 12.9 Å². The monoisotopic (exact) mass is 585 g/mol. The molecule has 2 N–H and O–H groups in total. The van der Waals surface area contributed by atoms with E-state index in [-0.39, 0.29) is 17.8 Å². The van der Waals surface area contributed by atoms with E-state index in [1.807, 2.05) is 6.07 Å². The first-order valence-electron chi connectivity index (χ1n) is 11.8. The second-order valence-corrected chi connectivity index (χ2v) is 10.3. The summed E-state index contributed by atoms with van der Waals surface area (Å²) in [7, 11) is 0. The van der Waals surface area contributed by atoms with Crippen molar-refractivity contribution in [1.82, 2.24) is 32.2 Å². The zero-order valence-corrected chi connectivity index (χ0v) is 21.1. The third-order valence-electron chi connectivity index (χ3n) is 6.79. The van der Waals surface area contributed by atoms with Crippen LogP contribution in [0.2, 0.25) is 0 Å². The highest BCUT2D eigenvalue weighted by Crippen LogP contribution is 2.28. The van der Waals surface area contributed by atoms with Crippen LogP contribution in [0.25, 0.3) is 28.1 Å². The molecule has 5 heterocycles. The fraction of sp³-hybridized carbons (Fsp3) is 0.435. The van der Waals surface area contributed by atoms with Crippen molar-refractivity contribution in [2.45, 2.75) is 37.8 Å². The summed E-state index contributed by atoms with van der Waals surface area (Å²) in [6.07, 6.45) is 5.13. The number of H-pyrrole nitrogens is 1. The molecule has 0 atom stereocenters. The summed E-state index contributed by atoms with van der Waals surface area (Å²) < 4.78 is 11.3. The predicted octanol–water partition coefficient (Wildman–Crippen LogP) is 2.91. The van der Waals surface area contributed by atoms with Crippen molar-refractivity contribution >= 4 is 50.9 Å². The maximum absolute atomic E-state index is 13.1. The highest BCUT2D eigenvalue weighted by atomic mass is 127. The predicted molar refractivity (Wildman–Crippen MR) is 139 cm³/mol. The lowest BCUT2D eigenvalue weighted by Gasteiger charge is -2.28. The van der Waals surface area contributed by atoms with Gasteiger partial charge in [0.1, 0.15) is 11.8 Å². The Balaban J connectivity index is 1.52. The SMILES string of the molecule is N#Cc1ccc2ncn(-c3nc(NC4CCN(I)CC4)c4[nH]c(=O)n(C5CCOCC5)c4n3)c2c1. The molecule has 35 heavy (non-hydrogen) atoms. The van der Waals surface area contributed by atoms with Gasteiger partial charge in [-0.1, -0.05) is 0 Å². The van der Waals surface area contributed by atoms with Crippen LogP contribution in [0.5, 0.6) is 0 Å². The number of ether oxygens (including phenoxy) is 1. The summed E-state index contributed by atoms with van der Waals surface area (Å²) in [5.41, 5.74) is 3.01. The number of halogens is 1. The van der Waals surface area contributed by atoms with Gasteiger partial charge in [-0.3, -0.25) is 9.13 Å². The molecule has 0 aliphatic carbocycles. The zero-order valence-electron chi connectivity index (χ0n) is 18.9. The number of hydrogen-bond donors (Lipinski definition) is 2. The van der Waals surface area contributed by atoms with Crippen molar-refractivity contribution in [3.8, 4) is 12.0 Å². The number of aromatic amines is 1. The molecular formula is C23H24IN9O2. The molecule has 12 heteroatoms. The third-order valence-corrected chi connectivity index (χ3v) is 7.75. The summed E-state index contributed by atoms with van der Waals surface area (Å²) in [6.45, 7) is 3.21. The van der Waals surface area contributed by atoms with E-state index in [4.69, 9.17) is 14.7 Å². The molecule has 6 rings (SSSR count). The number of nitriles is 1. The number of anilines is 1. The van der Waals surface area contributed by atoms with E-state index in [2.05, 4.69) is 47.3 Å². The average Bonchev–Trinajstić information content (AvgIpc) is 3.46. The molecule has 180 valence electrons. The van der Waals surface area contributed by atoms with Crippen molar-refractivity contribution in [2.75, 3.05) is 31.6 Å². The molecule has 0 radical (unpaired) electrons. The van der Waals surface area contributed by atoms with Gasteiger partial charge in [-0.05, 0) is 43.9 Å². The van der Waals surface area contributed by atoms with Gasteiger partial charge in [0.25, 0.3) is 0 Å². The number of fused-ring (bicyclic) bond motifs is 2. The number of nitrogens with zero attached hydrogens (tertiary/aromatic N) is 7. The van der Waals surface area contributed by atoms with Crippen molar-refractivity contribution in [2.24, 2.45) is 0 Å². The van der Waals surface area contributed by atoms with E-state index in [1.54, 1.807) is 27.6 Å². The second kappa shape index (κ2) is 9.21. The van der Waals surface area contributed by atoms with Gasteiger partial charge < -0.3 is 15.0 Å². The molecule has 2 saturated heterocycles. The van der Waals surface area contributed by atoms with Crippen LogP contribution in [0.3, 0.4) is 0 Å². The van der Waals surface area contributed by atoms with Crippen molar-refractivity contribution in [1.29, 1.82) is 5.26 Å². The fourth-order valence-electron chi connectivity index (χ4n) is 4.91. The number of piperidine rings is 1. The molecule has 0 bridgehead atoms. The first-order chi connectivity index (χ1) is 17.1. The van der Waals surface area contributed by atoms with Gasteiger partial charge in [-0.2, -0.15) is 15.2 Å². The number of imidazole rings is 2. The topological polar surface area (TPSA) is 130 Å². The number of rotatable bonds is 4. The van der Waals surface area contributed by atoms with Gasteiger partial charge in [0, 0.05) is 61.3 Å². The third kappa shape index (κ3) is 4.17. The number of hydrogen-bond acceptors (Lipinski definition) is 8. The van der Waals surface area contributed by atoms with E-state index in [0.717, 1.165) is 49.8 Å². The van der Waals surface area contributed by atoms with Crippen LogP contribution in [0.15, 0.2) is 29.3 Å². The summed E-state index contributed by atoms with van der Waals surface area (Å²) >= 11 is 2.36. The molecule has 4 aromatic rings. The van der Waals surface area contributed by atoms with Gasteiger partial charge in [0.05, 0.1) is 22.7 Å². The second-order valence-electron chi connectivity index (χ2n) is 8.97. The molecule has 0 spiro atoms. The summed E-state index contributed by atoms with van der Waals surface area (Å²) in [4.78, 5) is 30.3. The minimum Gasteiger partial charge on any atom is -0.381 e. The Morgan fingerprint density at radius 2 is 1.97 bits per heavy atom. The quantitative estimate of drug-likeness (QED) is 0.276. The van der Waals surface area contributed by atoms with Crippen LogP contribution in [0.4, 0.5) is 5.82 Å². The van der Waals surface area contributed by atoms with Gasteiger partial charge >= 0.3 is 5.69 Å². The number of benzene rings is 1. The molecule has 2 aliphatic rings. The fourth-order valence-corrected chi connectivity index (χ4v) is 5.46. The van der Waals surface area contributed by atoms with E-state index in [0.29, 0.717) is 41.7 Å². The van der Waals surface area contributed by atoms with Gasteiger partial charge in [0.2, 0.25) is 5.95 Å². The number of nitrogens with one attached hydrogen (secondary N) is 2. The van der Waals surface area contributed by atoms with E-state index in [9.17, 15) is 10.1 Å². The molecule has 11 nitrogen and oxygen atoms in total. The highest BCUT2D eigenvalue weighted by Gasteiger charge is 2.26. The molecule has 3 aromatic heterocycles. The van der Waals surface area contributed by atoms with Crippen LogP contribution in [-0.2, 0) is 4.74 Å². The lowest BCUT2D eigenvalue weighted by Crippen LogP contribution is -2.34. The Bertz CT molecular complexity index is 1490. The maximum Gasteiger partial charge on any atom is 0.328 e. The molecule has 0 unspecified atom stereocenters. The van der Waals surface area contributed by atoms with Gasteiger partial charge in [0.15, 0.2) is 11.5 Å². The molecule has 2 aliphatic heterocycles. The summed E-state index contributed by atoms with van der Waals surface area (Å²) in [5.74, 6) is 1.02. The lowest BCUT2D eigenvalue weighted by molar-refractivity contribution is 0.0697. The van der Waals surface area contributed by atoms with Gasteiger partial charge in [-0.15, -0.1) is 0 Å². The summed E-state index contributed by atoms with van der Waals surface area (Å²) in [6, 6.07) is 7.76. The van der Waals surface area contributed by atoms with Crippen LogP contribution >= 0.6 is 22.9 Å². The van der Waals surface area contributed by atoms with E-state index >= 15 is 0 Å². The molecule has 0 saturated carbocycles. The van der Waals surface area contributed by atoms with Crippen molar-refractivity contribution in [3.63, 3.8) is 0 Å². The van der Waals surface area contributed by atoms with E-state index in [1.165, 1.54) is 0 Å². The number of aromatic nitrogens is 6. The Kier molecular flexibility index (Phi) is 5.91. The van der Waals surface area contributed by atoms with Crippen LogP contribution in [0, 0.1) is 11.3 Å². The average molecular weight is 585 g/mol. The lowest BCUT2D eigenvalue weighted by atomic mass is 10.1. The standard InChI is InChI=1S/C23H24IN9O2/c24-31-7-3-15(4-8-31)27-20-19-21(33(23(34)28-19)16-5-9-35-10-6-16)30-22(29-20)32-13-26-17-2-1-14(12-25)11-18(17)32/h1-2,11,13,15-16H,3-10H2,(H,28,34)(H,27,29,30). The van der Waals surface area contributed by atoms with Crippen LogP contribution in [-0.4, -0.2) is 64.5 Å². The Hall–Kier alpha value is -3.02. The van der Waals surface area contributed by atoms with E-state index < -0.39 is 0 Å². The van der Waals surface area contributed by atoms with Crippen LogP contribution in [0.1, 0.15) is 37.3 Å². The molecule has 1 aromatic carbocycles. The minimum absolute atomic E-state index is 0.00702. The molecule has 0 amide bonds. The Morgan fingerprint density at radius 3 is 2.74 bits per heavy atom. The molecular weight excluding hydrogens is 561 g/mol. The van der Waals surface area contributed by atoms with Crippen molar-refractivity contribution < 1.29 is 4.74 Å². The first kappa shape index (κ1) is 22.4. The Labute approximate surface area is 214 Å². The first-order valence-corrected chi connectivity index (χ1v) is 12.7. The highest BCUT2D eigenvalue weighted by molar-refractivity contribution is 14.1. The normalized spacial score (nSPS) is 18.3. The maximum atomic E-state index is 13.1. The molecule has 2 fully saturated rings. The Morgan fingerprint density at radius 1 is 1.17 bits per heavy atom. The van der Waals surface area contributed by atoms with Crippen LogP contribution < -0.4 is 11.0 Å². The van der Waals surface area contributed by atoms with Crippen molar-refractivity contribution in [3.05, 3.63) is 40.6 Å². The minimum atomic E-state index is -0.189. The summed E-state index contributed by atoms with van der Waals surface area (Å²) in [5, 5.41) is 13.0. The zero-order chi connectivity index (χ0) is 23.9. The smallest absolute Gasteiger partial charge is 0.328 e. The largest absolute Gasteiger partial charge is 0.381 e.